The highest BCUT2D eigenvalue weighted by atomic mass is 16.2. The Morgan fingerprint density at radius 3 is 0.812 bits per heavy atom. The van der Waals surface area contributed by atoms with E-state index in [9.17, 15) is 9.59 Å². The van der Waals surface area contributed by atoms with Crippen LogP contribution >= 0.6 is 0 Å². The maximum absolute atomic E-state index is 12.7. The fourth-order valence-electron chi connectivity index (χ4n) is 7.50. The van der Waals surface area contributed by atoms with Gasteiger partial charge in [-0.1, -0.05) is 194 Å². The van der Waals surface area contributed by atoms with Crippen LogP contribution in [0.25, 0.3) is 0 Å². The Morgan fingerprint density at radius 2 is 0.604 bits per heavy atom. The quantitative estimate of drug-likeness (QED) is 0.0572. The summed E-state index contributed by atoms with van der Waals surface area (Å²) in [4.78, 5) is 25.4. The Labute approximate surface area is 301 Å². The van der Waals surface area contributed by atoms with Gasteiger partial charge in [-0.25, -0.2) is 0 Å². The number of nitrogens with one attached hydrogen (secondary N) is 2. The predicted octanol–water partition coefficient (Wildman–Crippen LogP) is 12.5. The summed E-state index contributed by atoms with van der Waals surface area (Å²) in [7, 11) is 0. The highest BCUT2D eigenvalue weighted by Gasteiger charge is 2.29. The van der Waals surface area contributed by atoms with Gasteiger partial charge >= 0.3 is 0 Å². The maximum atomic E-state index is 12.7. The standard InChI is InChI=1S/C43H87N3O2/c1-6-8-10-12-14-16-18-20-22-24-26-28-30-32-34-36-41(47)45-39(4)43(38(3)44)40(5)46-42(48)37-35-33-31-29-27-25-23-21-19-17-15-13-11-9-7-2/h38-40,43H,6-37,44H2,1-5H3,(H,45,47)(H,46,48). The number of carbonyl (C=O) groups is 2. The van der Waals surface area contributed by atoms with Crippen molar-refractivity contribution < 1.29 is 9.59 Å². The molecule has 48 heavy (non-hydrogen) atoms. The first-order valence-electron chi connectivity index (χ1n) is 21.7. The largest absolute Gasteiger partial charge is 0.353 e. The van der Waals surface area contributed by atoms with Crippen LogP contribution in [0.1, 0.15) is 240 Å². The third kappa shape index (κ3) is 30.9. The SMILES string of the molecule is CCCCCCCCCCCCCCCCCC(=O)NC(C)C(C(C)N)C(C)NC(=O)CCCCCCCCCCCCCCCCC. The number of unbranched alkanes of at least 4 members (excludes halogenated alkanes) is 28. The Hall–Kier alpha value is -1.10. The lowest BCUT2D eigenvalue weighted by Crippen LogP contribution is -2.54. The van der Waals surface area contributed by atoms with Crippen LogP contribution in [0.15, 0.2) is 0 Å². The van der Waals surface area contributed by atoms with Crippen molar-refractivity contribution in [3.63, 3.8) is 0 Å². The zero-order valence-corrected chi connectivity index (χ0v) is 33.3. The average molecular weight is 678 g/mol. The molecule has 5 nitrogen and oxygen atoms in total. The second kappa shape index (κ2) is 35.7. The van der Waals surface area contributed by atoms with Gasteiger partial charge in [-0.05, 0) is 33.6 Å². The third-order valence-electron chi connectivity index (χ3n) is 10.6. The Kier molecular flexibility index (Phi) is 34.9. The third-order valence-corrected chi connectivity index (χ3v) is 10.6. The molecular formula is C43H87N3O2. The van der Waals surface area contributed by atoms with Crippen LogP contribution in [0.5, 0.6) is 0 Å². The summed E-state index contributed by atoms with van der Waals surface area (Å²) in [6.45, 7) is 10.6. The van der Waals surface area contributed by atoms with Gasteiger partial charge in [0, 0.05) is 36.9 Å². The first kappa shape index (κ1) is 46.9. The summed E-state index contributed by atoms with van der Waals surface area (Å²) < 4.78 is 0. The van der Waals surface area contributed by atoms with Gasteiger partial charge in [0.25, 0.3) is 0 Å². The Balaban J connectivity index is 3.85. The van der Waals surface area contributed by atoms with Crippen molar-refractivity contribution in [1.82, 2.24) is 10.6 Å². The van der Waals surface area contributed by atoms with Crippen LogP contribution < -0.4 is 16.4 Å². The van der Waals surface area contributed by atoms with Crippen LogP contribution in [0.2, 0.25) is 0 Å². The lowest BCUT2D eigenvalue weighted by Gasteiger charge is -2.33. The predicted molar refractivity (Wildman–Crippen MR) is 211 cm³/mol. The lowest BCUT2D eigenvalue weighted by molar-refractivity contribution is -0.122. The van der Waals surface area contributed by atoms with E-state index < -0.39 is 0 Å². The summed E-state index contributed by atoms with van der Waals surface area (Å²) in [5.74, 6) is 0.221. The minimum absolute atomic E-state index is 0.0000147. The minimum Gasteiger partial charge on any atom is -0.353 e. The van der Waals surface area contributed by atoms with Crippen molar-refractivity contribution in [3.05, 3.63) is 0 Å². The van der Waals surface area contributed by atoms with E-state index in [2.05, 4.69) is 24.5 Å². The molecule has 0 spiro atoms. The fourth-order valence-corrected chi connectivity index (χ4v) is 7.50. The Morgan fingerprint density at radius 1 is 0.396 bits per heavy atom. The van der Waals surface area contributed by atoms with E-state index in [0.29, 0.717) is 12.8 Å². The van der Waals surface area contributed by atoms with Gasteiger partial charge < -0.3 is 16.4 Å². The zero-order valence-electron chi connectivity index (χ0n) is 33.3. The van der Waals surface area contributed by atoms with Gasteiger partial charge in [-0.15, -0.1) is 0 Å². The first-order chi connectivity index (χ1) is 23.3. The van der Waals surface area contributed by atoms with Gasteiger partial charge in [-0.2, -0.15) is 0 Å². The Bertz CT molecular complexity index is 644. The number of hydrogen-bond donors (Lipinski definition) is 3. The molecule has 0 aromatic heterocycles. The van der Waals surface area contributed by atoms with Crippen LogP contribution in [0, 0.1) is 5.92 Å². The van der Waals surface area contributed by atoms with Gasteiger partial charge in [0.2, 0.25) is 11.8 Å². The average Bonchev–Trinajstić information content (AvgIpc) is 3.04. The normalized spacial score (nSPS) is 14.0. The second-order valence-corrected chi connectivity index (χ2v) is 15.5. The molecule has 0 aromatic rings. The van der Waals surface area contributed by atoms with Crippen molar-refractivity contribution in [3.8, 4) is 0 Å². The number of rotatable bonds is 37. The summed E-state index contributed by atoms with van der Waals surface area (Å²) >= 11 is 0. The van der Waals surface area contributed by atoms with Crippen LogP contribution in [0.4, 0.5) is 0 Å². The van der Waals surface area contributed by atoms with Gasteiger partial charge in [0.15, 0.2) is 0 Å². The molecule has 2 amide bonds. The molecule has 4 N–H and O–H groups in total. The van der Waals surface area contributed by atoms with E-state index in [1.807, 2.05) is 20.8 Å². The molecule has 0 aromatic carbocycles. The van der Waals surface area contributed by atoms with Crippen LogP contribution in [-0.4, -0.2) is 29.9 Å². The van der Waals surface area contributed by atoms with Crippen molar-refractivity contribution in [2.45, 2.75) is 258 Å². The first-order valence-corrected chi connectivity index (χ1v) is 21.7. The molecule has 3 atom stereocenters. The number of nitrogens with two attached hydrogens (primary N) is 1. The highest BCUT2D eigenvalue weighted by molar-refractivity contribution is 5.77. The van der Waals surface area contributed by atoms with Crippen molar-refractivity contribution >= 4 is 11.8 Å². The molecule has 0 fully saturated rings. The minimum atomic E-state index is -0.118. The molecular weight excluding hydrogens is 590 g/mol. The molecule has 5 heteroatoms. The van der Waals surface area contributed by atoms with Gasteiger partial charge in [-0.3, -0.25) is 9.59 Å². The van der Waals surface area contributed by atoms with Crippen LogP contribution in [-0.2, 0) is 9.59 Å². The molecule has 0 saturated carbocycles. The molecule has 0 rings (SSSR count). The van der Waals surface area contributed by atoms with E-state index in [4.69, 9.17) is 5.73 Å². The highest BCUT2D eigenvalue weighted by Crippen LogP contribution is 2.17. The molecule has 0 radical (unpaired) electrons. The summed E-state index contributed by atoms with van der Waals surface area (Å²) in [5, 5.41) is 6.39. The van der Waals surface area contributed by atoms with Gasteiger partial charge in [0.1, 0.15) is 0 Å². The topological polar surface area (TPSA) is 84.2 Å². The summed E-state index contributed by atoms with van der Waals surface area (Å²) in [6.07, 6.45) is 41.0. The van der Waals surface area contributed by atoms with Crippen molar-refractivity contribution in [2.75, 3.05) is 0 Å². The van der Waals surface area contributed by atoms with Gasteiger partial charge in [0.05, 0.1) is 0 Å². The van der Waals surface area contributed by atoms with E-state index in [1.54, 1.807) is 0 Å². The number of amides is 2. The lowest BCUT2D eigenvalue weighted by atomic mass is 9.87. The van der Waals surface area contributed by atoms with E-state index in [0.717, 1.165) is 25.7 Å². The fraction of sp³-hybridized carbons (Fsp3) is 0.953. The van der Waals surface area contributed by atoms with E-state index >= 15 is 0 Å². The monoisotopic (exact) mass is 678 g/mol. The molecule has 3 unspecified atom stereocenters. The molecule has 0 bridgehead atoms. The van der Waals surface area contributed by atoms with E-state index in [-0.39, 0.29) is 35.9 Å². The molecule has 0 aliphatic heterocycles. The molecule has 0 saturated heterocycles. The van der Waals surface area contributed by atoms with E-state index in [1.165, 1.54) is 167 Å². The van der Waals surface area contributed by atoms with Crippen molar-refractivity contribution in [2.24, 2.45) is 11.7 Å². The maximum Gasteiger partial charge on any atom is 0.220 e. The summed E-state index contributed by atoms with van der Waals surface area (Å²) in [6, 6.07) is -0.267. The number of carbonyl (C=O) groups excluding carboxylic acids is 2. The zero-order chi connectivity index (χ0) is 35.5. The van der Waals surface area contributed by atoms with Crippen LogP contribution in [0.3, 0.4) is 0 Å². The summed E-state index contributed by atoms with van der Waals surface area (Å²) in [5.41, 5.74) is 6.36. The molecule has 0 aliphatic carbocycles. The molecule has 0 heterocycles. The van der Waals surface area contributed by atoms with Crippen molar-refractivity contribution in [1.29, 1.82) is 0 Å². The number of hydrogen-bond acceptors (Lipinski definition) is 3. The molecule has 0 aliphatic rings. The smallest absolute Gasteiger partial charge is 0.220 e. The second-order valence-electron chi connectivity index (χ2n) is 15.5. The molecule has 286 valence electrons.